The smallest absolute Gasteiger partial charge is 0.254 e. The van der Waals surface area contributed by atoms with E-state index in [0.29, 0.717) is 17.5 Å². The molecule has 2 saturated heterocycles. The molecule has 0 radical (unpaired) electrons. The summed E-state index contributed by atoms with van der Waals surface area (Å²) in [5.41, 5.74) is 0.435. The number of carbonyl (C=O) groups excluding carboxylic acids is 1. The highest BCUT2D eigenvalue weighted by molar-refractivity contribution is 5.95. The molecule has 2 aliphatic rings. The molecule has 2 atom stereocenters. The summed E-state index contributed by atoms with van der Waals surface area (Å²) in [5, 5.41) is 22.4. The van der Waals surface area contributed by atoms with Crippen molar-refractivity contribution in [3.05, 3.63) is 23.8 Å². The summed E-state index contributed by atoms with van der Waals surface area (Å²) < 4.78 is 0. The topological polar surface area (TPSA) is 72.8 Å². The van der Waals surface area contributed by atoms with Crippen LogP contribution in [0.4, 0.5) is 0 Å². The monoisotopic (exact) mass is 290 g/mol. The van der Waals surface area contributed by atoms with E-state index in [1.165, 1.54) is 31.4 Å². The zero-order chi connectivity index (χ0) is 14.8. The summed E-state index contributed by atoms with van der Waals surface area (Å²) in [5.74, 6) is 0.0222. The third-order valence-corrected chi connectivity index (χ3v) is 4.63. The fraction of sp³-hybridized carbons (Fsp3) is 0.562. The maximum absolute atomic E-state index is 12.5. The Hall–Kier alpha value is -1.75. The molecule has 2 aliphatic heterocycles. The predicted molar refractivity (Wildman–Crippen MR) is 79.4 cm³/mol. The minimum Gasteiger partial charge on any atom is -0.504 e. The Morgan fingerprint density at radius 1 is 1.19 bits per heavy atom. The highest BCUT2D eigenvalue weighted by Crippen LogP contribution is 2.28. The third-order valence-electron chi connectivity index (χ3n) is 4.63. The van der Waals surface area contributed by atoms with Crippen LogP contribution in [0.2, 0.25) is 0 Å². The second-order valence-electron chi connectivity index (χ2n) is 6.06. The van der Waals surface area contributed by atoms with E-state index in [9.17, 15) is 15.0 Å². The highest BCUT2D eigenvalue weighted by atomic mass is 16.3. The lowest BCUT2D eigenvalue weighted by Gasteiger charge is -2.36. The maximum Gasteiger partial charge on any atom is 0.254 e. The number of benzene rings is 1. The lowest BCUT2D eigenvalue weighted by molar-refractivity contribution is 0.0650. The predicted octanol–water partition coefficient (Wildman–Crippen LogP) is 1.70. The largest absolute Gasteiger partial charge is 0.504 e. The van der Waals surface area contributed by atoms with Gasteiger partial charge >= 0.3 is 0 Å². The number of phenols is 2. The zero-order valence-corrected chi connectivity index (χ0v) is 12.1. The molecule has 3 rings (SSSR count). The van der Waals surface area contributed by atoms with Gasteiger partial charge in [-0.3, -0.25) is 4.79 Å². The fourth-order valence-electron chi connectivity index (χ4n) is 3.48. The Balaban J connectivity index is 1.70. The first-order chi connectivity index (χ1) is 10.1. The molecular weight excluding hydrogens is 268 g/mol. The van der Waals surface area contributed by atoms with Crippen LogP contribution in [0.3, 0.4) is 0 Å². The maximum atomic E-state index is 12.5. The molecular formula is C16H22N2O3. The summed E-state index contributed by atoms with van der Waals surface area (Å²) in [6.45, 7) is 2.63. The Morgan fingerprint density at radius 3 is 2.76 bits per heavy atom. The second-order valence-corrected chi connectivity index (χ2v) is 6.06. The number of hydrogen-bond donors (Lipinski definition) is 3. The lowest BCUT2D eigenvalue weighted by Crippen LogP contribution is -2.45. The summed E-state index contributed by atoms with van der Waals surface area (Å²) in [4.78, 5) is 14.4. The van der Waals surface area contributed by atoms with E-state index in [0.717, 1.165) is 26.1 Å². The Kier molecular flexibility index (Phi) is 4.01. The summed E-state index contributed by atoms with van der Waals surface area (Å²) in [6.07, 6.45) is 4.62. The number of rotatable bonds is 2. The summed E-state index contributed by atoms with van der Waals surface area (Å²) >= 11 is 0. The summed E-state index contributed by atoms with van der Waals surface area (Å²) in [7, 11) is 0. The zero-order valence-electron chi connectivity index (χ0n) is 12.1. The molecule has 0 spiro atoms. The van der Waals surface area contributed by atoms with Crippen molar-refractivity contribution in [1.82, 2.24) is 10.2 Å². The molecule has 0 aliphatic carbocycles. The van der Waals surface area contributed by atoms with Crippen molar-refractivity contribution in [2.75, 3.05) is 19.6 Å². The number of nitrogens with zero attached hydrogens (tertiary/aromatic N) is 1. The van der Waals surface area contributed by atoms with Gasteiger partial charge in [-0.05, 0) is 56.3 Å². The molecule has 0 aromatic heterocycles. The van der Waals surface area contributed by atoms with Crippen LogP contribution in [-0.2, 0) is 0 Å². The average Bonchev–Trinajstić information content (AvgIpc) is 3.04. The van der Waals surface area contributed by atoms with Gasteiger partial charge in [-0.15, -0.1) is 0 Å². The van der Waals surface area contributed by atoms with Crippen molar-refractivity contribution >= 4 is 5.91 Å². The fourth-order valence-corrected chi connectivity index (χ4v) is 3.48. The average molecular weight is 290 g/mol. The molecule has 2 heterocycles. The Morgan fingerprint density at radius 2 is 2.05 bits per heavy atom. The van der Waals surface area contributed by atoms with Crippen molar-refractivity contribution in [2.45, 2.75) is 31.7 Å². The molecule has 0 saturated carbocycles. The third kappa shape index (κ3) is 2.97. The van der Waals surface area contributed by atoms with Gasteiger partial charge in [-0.25, -0.2) is 0 Å². The normalized spacial score (nSPS) is 26.0. The lowest BCUT2D eigenvalue weighted by atomic mass is 9.89. The first-order valence-electron chi connectivity index (χ1n) is 7.70. The van der Waals surface area contributed by atoms with Crippen molar-refractivity contribution in [3.8, 4) is 11.5 Å². The van der Waals surface area contributed by atoms with Crippen LogP contribution in [0.1, 0.15) is 36.0 Å². The van der Waals surface area contributed by atoms with E-state index in [1.807, 2.05) is 4.90 Å². The van der Waals surface area contributed by atoms with Crippen molar-refractivity contribution in [1.29, 1.82) is 0 Å². The number of hydrogen-bond acceptors (Lipinski definition) is 4. The molecule has 0 bridgehead atoms. The van der Waals surface area contributed by atoms with Crippen molar-refractivity contribution < 1.29 is 15.0 Å². The first kappa shape index (κ1) is 14.2. The van der Waals surface area contributed by atoms with E-state index in [2.05, 4.69) is 5.32 Å². The van der Waals surface area contributed by atoms with E-state index in [-0.39, 0.29) is 17.4 Å². The quantitative estimate of drug-likeness (QED) is 0.725. The van der Waals surface area contributed by atoms with Crippen molar-refractivity contribution in [3.63, 3.8) is 0 Å². The number of nitrogens with one attached hydrogen (secondary N) is 1. The molecule has 2 unspecified atom stereocenters. The van der Waals surface area contributed by atoms with Crippen LogP contribution in [0.5, 0.6) is 11.5 Å². The standard InChI is InChI=1S/C16H22N2O3/c19-14-6-5-11(9-15(14)20)16(21)18-8-2-3-12(10-18)13-4-1-7-17-13/h5-6,9,12-13,17,19-20H,1-4,7-8,10H2. The van der Waals surface area contributed by atoms with Gasteiger partial charge in [0.05, 0.1) is 0 Å². The van der Waals surface area contributed by atoms with Crippen LogP contribution >= 0.6 is 0 Å². The minimum atomic E-state index is -0.244. The number of phenolic OH excluding ortho intramolecular Hbond substituents is 2. The second kappa shape index (κ2) is 5.93. The molecule has 1 aromatic carbocycles. The van der Waals surface area contributed by atoms with E-state index < -0.39 is 0 Å². The van der Waals surface area contributed by atoms with E-state index in [4.69, 9.17) is 0 Å². The molecule has 114 valence electrons. The molecule has 5 heteroatoms. The molecule has 1 amide bonds. The minimum absolute atomic E-state index is 0.0620. The van der Waals surface area contributed by atoms with Gasteiger partial charge in [-0.1, -0.05) is 0 Å². The number of amides is 1. The number of likely N-dealkylation sites (tertiary alicyclic amines) is 1. The number of piperidine rings is 1. The molecule has 2 fully saturated rings. The van der Waals surface area contributed by atoms with Gasteiger partial charge < -0.3 is 20.4 Å². The Labute approximate surface area is 124 Å². The SMILES string of the molecule is O=C(c1ccc(O)c(O)c1)N1CCCC(C2CCCN2)C1. The van der Waals surface area contributed by atoms with Gasteiger partial charge in [0.15, 0.2) is 11.5 Å². The summed E-state index contributed by atoms with van der Waals surface area (Å²) in [6, 6.07) is 4.81. The van der Waals surface area contributed by atoms with Crippen LogP contribution in [0.15, 0.2) is 18.2 Å². The van der Waals surface area contributed by atoms with Crippen LogP contribution in [0.25, 0.3) is 0 Å². The highest BCUT2D eigenvalue weighted by Gasteiger charge is 2.31. The number of aromatic hydroxyl groups is 2. The van der Waals surface area contributed by atoms with Crippen LogP contribution in [-0.4, -0.2) is 46.7 Å². The Bertz CT molecular complexity index is 526. The molecule has 1 aromatic rings. The van der Waals surface area contributed by atoms with Crippen LogP contribution < -0.4 is 5.32 Å². The molecule has 3 N–H and O–H groups in total. The van der Waals surface area contributed by atoms with Gasteiger partial charge in [-0.2, -0.15) is 0 Å². The van der Waals surface area contributed by atoms with Gasteiger partial charge in [0, 0.05) is 24.7 Å². The molecule has 5 nitrogen and oxygen atoms in total. The number of carbonyl (C=O) groups is 1. The van der Waals surface area contributed by atoms with Gasteiger partial charge in [0.25, 0.3) is 5.91 Å². The van der Waals surface area contributed by atoms with E-state index >= 15 is 0 Å². The molecule has 21 heavy (non-hydrogen) atoms. The van der Waals surface area contributed by atoms with Gasteiger partial charge in [0.1, 0.15) is 0 Å². The van der Waals surface area contributed by atoms with Crippen LogP contribution in [0, 0.1) is 5.92 Å². The van der Waals surface area contributed by atoms with Gasteiger partial charge in [0.2, 0.25) is 0 Å². The van der Waals surface area contributed by atoms with E-state index in [1.54, 1.807) is 6.07 Å². The van der Waals surface area contributed by atoms with Crippen molar-refractivity contribution in [2.24, 2.45) is 5.92 Å². The first-order valence-corrected chi connectivity index (χ1v) is 7.70.